The van der Waals surface area contributed by atoms with Gasteiger partial charge in [-0.2, -0.15) is 4.99 Å². The number of benzene rings is 1. The Bertz CT molecular complexity index is 576. The van der Waals surface area contributed by atoms with Crippen molar-refractivity contribution >= 4 is 35.2 Å². The Labute approximate surface area is 120 Å². The maximum atomic E-state index is 11.8. The number of nitrogens with zero attached hydrogens (tertiary/aromatic N) is 2. The Kier molecular flexibility index (Phi) is 4.21. The molecule has 3 amide bonds. The van der Waals surface area contributed by atoms with Gasteiger partial charge in [0.2, 0.25) is 12.2 Å². The average molecular weight is 297 g/mol. The fourth-order valence-corrected chi connectivity index (χ4v) is 1.92. The number of likely N-dealkylation sites (N-methyl/N-ethyl adjacent to an activating group) is 1. The summed E-state index contributed by atoms with van der Waals surface area (Å²) in [5.41, 5.74) is 0.516. The quantitative estimate of drug-likeness (QED) is 0.861. The van der Waals surface area contributed by atoms with Crippen LogP contribution in [0.15, 0.2) is 29.3 Å². The minimum absolute atomic E-state index is 0.126. The highest BCUT2D eigenvalue weighted by atomic mass is 35.5. The minimum Gasteiger partial charge on any atom is -0.353 e. The van der Waals surface area contributed by atoms with Crippen molar-refractivity contribution in [3.05, 3.63) is 29.3 Å². The molecule has 20 heavy (non-hydrogen) atoms. The van der Waals surface area contributed by atoms with Gasteiger partial charge >= 0.3 is 6.03 Å². The molecule has 1 heterocycles. The number of ether oxygens (including phenoxy) is 1. The van der Waals surface area contributed by atoms with E-state index in [1.165, 1.54) is 12.0 Å². The highest BCUT2D eigenvalue weighted by Crippen LogP contribution is 2.15. The second-order valence-electron chi connectivity index (χ2n) is 4.06. The predicted molar refractivity (Wildman–Crippen MR) is 74.6 cm³/mol. The maximum Gasteiger partial charge on any atom is 0.348 e. The number of guanidine groups is 1. The molecule has 0 aliphatic carbocycles. The summed E-state index contributed by atoms with van der Waals surface area (Å²) in [7, 11) is 2.99. The van der Waals surface area contributed by atoms with Gasteiger partial charge in [-0.05, 0) is 18.2 Å². The van der Waals surface area contributed by atoms with Crippen LogP contribution < -0.4 is 10.6 Å². The second kappa shape index (κ2) is 5.89. The second-order valence-corrected chi connectivity index (χ2v) is 4.50. The normalized spacial score (nSPS) is 20.1. The predicted octanol–water partition coefficient (Wildman–Crippen LogP) is 1.26. The smallest absolute Gasteiger partial charge is 0.348 e. The highest BCUT2D eigenvalue weighted by molar-refractivity contribution is 6.30. The van der Waals surface area contributed by atoms with E-state index < -0.39 is 12.3 Å². The summed E-state index contributed by atoms with van der Waals surface area (Å²) in [6.07, 6.45) is -0.785. The van der Waals surface area contributed by atoms with Gasteiger partial charge in [-0.1, -0.05) is 17.7 Å². The van der Waals surface area contributed by atoms with Crippen LogP contribution in [0.4, 0.5) is 10.5 Å². The Hall–Kier alpha value is -2.12. The van der Waals surface area contributed by atoms with Gasteiger partial charge in [-0.3, -0.25) is 10.1 Å². The van der Waals surface area contributed by atoms with Crippen molar-refractivity contribution < 1.29 is 14.3 Å². The summed E-state index contributed by atoms with van der Waals surface area (Å²) in [6.45, 7) is 0. The number of nitrogens with one attached hydrogen (secondary N) is 2. The lowest BCUT2D eigenvalue weighted by molar-refractivity contribution is -0.132. The van der Waals surface area contributed by atoms with Crippen molar-refractivity contribution in [2.24, 2.45) is 4.99 Å². The molecule has 1 fully saturated rings. The Balaban J connectivity index is 2.08. The van der Waals surface area contributed by atoms with Crippen molar-refractivity contribution in [2.75, 3.05) is 19.5 Å². The molecule has 7 nitrogen and oxygen atoms in total. The number of carbonyl (C=O) groups excluding carboxylic acids is 2. The number of hydrogen-bond acceptors (Lipinski definition) is 3. The first-order chi connectivity index (χ1) is 9.51. The summed E-state index contributed by atoms with van der Waals surface area (Å²) in [5.74, 6) is -0.245. The fourth-order valence-electron chi connectivity index (χ4n) is 1.73. The van der Waals surface area contributed by atoms with E-state index in [0.29, 0.717) is 10.7 Å². The molecule has 0 radical (unpaired) electrons. The van der Waals surface area contributed by atoms with E-state index >= 15 is 0 Å². The van der Waals surface area contributed by atoms with Crippen LogP contribution in [0.25, 0.3) is 0 Å². The number of halogens is 1. The molecule has 1 aliphatic heterocycles. The molecule has 0 spiro atoms. The standard InChI is InChI=1S/C12H13ClN4O3/c1-17-10(20-2)9(18)15-11(17)16-12(19)14-8-5-3-4-7(13)6-8/h3-6,10H,1-2H3,(H2,14,15,16,18,19). The molecule has 8 heteroatoms. The van der Waals surface area contributed by atoms with E-state index in [1.54, 1.807) is 31.3 Å². The van der Waals surface area contributed by atoms with Crippen molar-refractivity contribution in [2.45, 2.75) is 6.23 Å². The first-order valence-corrected chi connectivity index (χ1v) is 6.11. The van der Waals surface area contributed by atoms with Gasteiger partial charge in [-0.15, -0.1) is 0 Å². The van der Waals surface area contributed by atoms with Crippen LogP contribution in [0, 0.1) is 0 Å². The molecule has 0 aromatic heterocycles. The van der Waals surface area contributed by atoms with E-state index in [0.717, 1.165) is 0 Å². The Morgan fingerprint density at radius 2 is 2.30 bits per heavy atom. The molecule has 0 saturated carbocycles. The lowest BCUT2D eigenvalue weighted by atomic mass is 10.3. The van der Waals surface area contributed by atoms with Crippen molar-refractivity contribution in [3.63, 3.8) is 0 Å². The third-order valence-electron chi connectivity index (χ3n) is 2.65. The molecule has 1 aromatic carbocycles. The number of aliphatic imine (C=N–C) groups is 1. The van der Waals surface area contributed by atoms with Gasteiger partial charge in [0.15, 0.2) is 0 Å². The summed E-state index contributed by atoms with van der Waals surface area (Å²) < 4.78 is 4.97. The maximum absolute atomic E-state index is 11.8. The number of hydrogen-bond donors (Lipinski definition) is 2. The third kappa shape index (κ3) is 3.06. The van der Waals surface area contributed by atoms with Gasteiger partial charge < -0.3 is 15.0 Å². The van der Waals surface area contributed by atoms with Crippen LogP contribution in [-0.4, -0.2) is 43.2 Å². The molecule has 1 saturated heterocycles. The molecule has 1 atom stereocenters. The number of carbonyl (C=O) groups is 2. The van der Waals surface area contributed by atoms with Crippen LogP contribution >= 0.6 is 11.6 Å². The molecular weight excluding hydrogens is 284 g/mol. The van der Waals surface area contributed by atoms with Gasteiger partial charge in [-0.25, -0.2) is 4.79 Å². The van der Waals surface area contributed by atoms with E-state index in [-0.39, 0.29) is 11.9 Å². The molecular formula is C12H13ClN4O3. The molecule has 1 unspecified atom stereocenters. The van der Waals surface area contributed by atoms with Gasteiger partial charge in [0, 0.05) is 24.9 Å². The van der Waals surface area contributed by atoms with Crippen molar-refractivity contribution in [3.8, 4) is 0 Å². The van der Waals surface area contributed by atoms with Gasteiger partial charge in [0.25, 0.3) is 5.91 Å². The largest absolute Gasteiger partial charge is 0.353 e. The number of amides is 3. The zero-order valence-corrected chi connectivity index (χ0v) is 11.6. The Morgan fingerprint density at radius 1 is 1.55 bits per heavy atom. The van der Waals surface area contributed by atoms with E-state index in [1.807, 2.05) is 0 Å². The summed E-state index contributed by atoms with van der Waals surface area (Å²) >= 11 is 5.81. The first kappa shape index (κ1) is 14.3. The van der Waals surface area contributed by atoms with Crippen LogP contribution in [-0.2, 0) is 9.53 Å². The Morgan fingerprint density at radius 3 is 2.90 bits per heavy atom. The van der Waals surface area contributed by atoms with Crippen LogP contribution in [0.1, 0.15) is 0 Å². The fraction of sp³-hybridized carbons (Fsp3) is 0.250. The van der Waals surface area contributed by atoms with Gasteiger partial charge in [0.1, 0.15) is 0 Å². The monoisotopic (exact) mass is 296 g/mol. The molecule has 2 rings (SSSR count). The van der Waals surface area contributed by atoms with Crippen LogP contribution in [0.2, 0.25) is 5.02 Å². The van der Waals surface area contributed by atoms with Crippen LogP contribution in [0.3, 0.4) is 0 Å². The average Bonchev–Trinajstić information content (AvgIpc) is 2.63. The molecule has 1 aliphatic rings. The summed E-state index contributed by atoms with van der Waals surface area (Å²) in [5, 5.41) is 5.51. The van der Waals surface area contributed by atoms with E-state index in [4.69, 9.17) is 16.3 Å². The SMILES string of the molecule is COC1C(=O)N/C(=N\C(=O)Nc2cccc(Cl)c2)N1C. The molecule has 1 aromatic rings. The number of methoxy groups -OCH3 is 1. The molecule has 106 valence electrons. The lowest BCUT2D eigenvalue weighted by Crippen LogP contribution is -2.34. The highest BCUT2D eigenvalue weighted by Gasteiger charge is 2.34. The molecule has 0 bridgehead atoms. The number of rotatable bonds is 2. The summed E-state index contributed by atoms with van der Waals surface area (Å²) in [6, 6.07) is 6.05. The van der Waals surface area contributed by atoms with Crippen LogP contribution in [0.5, 0.6) is 0 Å². The van der Waals surface area contributed by atoms with Crippen molar-refractivity contribution in [1.82, 2.24) is 10.2 Å². The molecule has 2 N–H and O–H groups in total. The van der Waals surface area contributed by atoms with E-state index in [2.05, 4.69) is 15.6 Å². The zero-order chi connectivity index (χ0) is 14.7. The zero-order valence-electron chi connectivity index (χ0n) is 10.9. The van der Waals surface area contributed by atoms with Gasteiger partial charge in [0.05, 0.1) is 0 Å². The number of anilines is 1. The summed E-state index contributed by atoms with van der Waals surface area (Å²) in [4.78, 5) is 28.5. The van der Waals surface area contributed by atoms with Crippen molar-refractivity contribution in [1.29, 1.82) is 0 Å². The third-order valence-corrected chi connectivity index (χ3v) is 2.89. The number of urea groups is 1. The lowest BCUT2D eigenvalue weighted by Gasteiger charge is -2.15. The minimum atomic E-state index is -0.785. The van der Waals surface area contributed by atoms with E-state index in [9.17, 15) is 9.59 Å². The topological polar surface area (TPSA) is 83.0 Å². The first-order valence-electron chi connectivity index (χ1n) is 5.73.